The Hall–Kier alpha value is -0.620. The van der Waals surface area contributed by atoms with E-state index in [9.17, 15) is 13.2 Å². The molecule has 5 nitrogen and oxygen atoms in total. The van der Waals surface area contributed by atoms with Gasteiger partial charge in [-0.2, -0.15) is 0 Å². The lowest BCUT2D eigenvalue weighted by molar-refractivity contribution is -0.121. The van der Waals surface area contributed by atoms with Crippen molar-refractivity contribution in [1.29, 1.82) is 0 Å². The summed E-state index contributed by atoms with van der Waals surface area (Å²) in [6.07, 6.45) is 1.37. The van der Waals surface area contributed by atoms with Crippen LogP contribution in [0.5, 0.6) is 0 Å². The Balaban J connectivity index is 3.88. The number of hydrogen-bond acceptors (Lipinski definition) is 4. The quantitative estimate of drug-likeness (QED) is 0.599. The lowest BCUT2D eigenvalue weighted by Gasteiger charge is -2.11. The normalized spacial score (nSPS) is 13.8. The maximum absolute atomic E-state index is 11.0. The summed E-state index contributed by atoms with van der Waals surface area (Å²) >= 11 is 0. The van der Waals surface area contributed by atoms with E-state index in [0.717, 1.165) is 6.26 Å². The molecule has 0 rings (SSSR count). The zero-order valence-corrected chi connectivity index (χ0v) is 8.73. The third kappa shape index (κ3) is 7.73. The summed E-state index contributed by atoms with van der Waals surface area (Å²) in [5, 5.41) is 2.54. The fraction of sp³-hybridized carbons (Fsp3) is 0.857. The fourth-order valence-electron chi connectivity index (χ4n) is 0.974. The van der Waals surface area contributed by atoms with Gasteiger partial charge in [0.05, 0.1) is 5.75 Å². The Kier molecular flexibility index (Phi) is 4.94. The predicted octanol–water partition coefficient (Wildman–Crippen LogP) is -1.12. The molecule has 0 saturated heterocycles. The van der Waals surface area contributed by atoms with Crippen molar-refractivity contribution in [2.24, 2.45) is 5.73 Å². The molecule has 0 aliphatic heterocycles. The number of carbonyl (C=O) groups excluding carboxylic acids is 1. The van der Waals surface area contributed by atoms with Crippen molar-refractivity contribution >= 4 is 15.7 Å². The predicted molar refractivity (Wildman–Crippen MR) is 51.0 cm³/mol. The van der Waals surface area contributed by atoms with Gasteiger partial charge in [-0.25, -0.2) is 8.42 Å². The molecule has 0 bridgehead atoms. The monoisotopic (exact) mass is 208 g/mol. The number of amides is 1. The van der Waals surface area contributed by atoms with Crippen LogP contribution in [-0.2, 0) is 14.6 Å². The van der Waals surface area contributed by atoms with Gasteiger partial charge in [-0.15, -0.1) is 0 Å². The zero-order valence-electron chi connectivity index (χ0n) is 7.91. The Morgan fingerprint density at radius 2 is 2.08 bits per heavy atom. The van der Waals surface area contributed by atoms with Crippen LogP contribution in [0.2, 0.25) is 0 Å². The molecule has 1 atom stereocenters. The lowest BCUT2D eigenvalue weighted by Crippen LogP contribution is -2.38. The number of nitrogens with one attached hydrogen (secondary N) is 1. The Morgan fingerprint density at radius 1 is 1.54 bits per heavy atom. The summed E-state index contributed by atoms with van der Waals surface area (Å²) in [5.74, 6) is -0.248. The third-order valence-electron chi connectivity index (χ3n) is 1.33. The van der Waals surface area contributed by atoms with Crippen LogP contribution in [-0.4, -0.2) is 38.9 Å². The summed E-state index contributed by atoms with van der Waals surface area (Å²) in [4.78, 5) is 11.0. The molecule has 0 aliphatic rings. The van der Waals surface area contributed by atoms with Crippen molar-refractivity contribution in [2.75, 3.05) is 18.6 Å². The molecule has 0 saturated carbocycles. The van der Waals surface area contributed by atoms with Gasteiger partial charge in [0.1, 0.15) is 9.84 Å². The van der Waals surface area contributed by atoms with Crippen LogP contribution in [0.4, 0.5) is 0 Å². The van der Waals surface area contributed by atoms with Crippen molar-refractivity contribution in [1.82, 2.24) is 5.32 Å². The number of carbonyl (C=O) groups is 1. The topological polar surface area (TPSA) is 89.3 Å². The zero-order chi connectivity index (χ0) is 10.5. The van der Waals surface area contributed by atoms with Gasteiger partial charge in [0.25, 0.3) is 0 Å². The highest BCUT2D eigenvalue weighted by Gasteiger charge is 2.12. The first-order valence-corrected chi connectivity index (χ1v) is 6.08. The van der Waals surface area contributed by atoms with Crippen LogP contribution in [0.3, 0.4) is 0 Å². The molecule has 0 aromatic carbocycles. The van der Waals surface area contributed by atoms with E-state index in [1.54, 1.807) is 6.92 Å². The van der Waals surface area contributed by atoms with E-state index in [0.29, 0.717) is 0 Å². The molecule has 0 spiro atoms. The number of rotatable bonds is 5. The molecule has 1 amide bonds. The molecule has 0 aromatic heterocycles. The largest absolute Gasteiger partial charge is 0.353 e. The molecule has 0 radical (unpaired) electrons. The molecule has 78 valence electrons. The van der Waals surface area contributed by atoms with Crippen LogP contribution >= 0.6 is 0 Å². The minimum absolute atomic E-state index is 0.0384. The van der Waals surface area contributed by atoms with Crippen LogP contribution in [0, 0.1) is 0 Å². The minimum Gasteiger partial charge on any atom is -0.353 e. The van der Waals surface area contributed by atoms with Crippen LogP contribution in [0.25, 0.3) is 0 Å². The van der Waals surface area contributed by atoms with Crippen molar-refractivity contribution in [3.63, 3.8) is 0 Å². The van der Waals surface area contributed by atoms with Gasteiger partial charge in [-0.3, -0.25) is 4.79 Å². The van der Waals surface area contributed by atoms with Crippen molar-refractivity contribution in [3.8, 4) is 0 Å². The van der Waals surface area contributed by atoms with Crippen molar-refractivity contribution < 1.29 is 13.2 Å². The second-order valence-electron chi connectivity index (χ2n) is 3.10. The summed E-state index contributed by atoms with van der Waals surface area (Å²) in [6, 6.07) is -0.353. The summed E-state index contributed by atoms with van der Waals surface area (Å²) in [7, 11) is -3.03. The molecule has 13 heavy (non-hydrogen) atoms. The molecule has 0 fully saturated rings. The van der Waals surface area contributed by atoms with Crippen LogP contribution in [0.15, 0.2) is 0 Å². The van der Waals surface area contributed by atoms with Crippen molar-refractivity contribution in [3.05, 3.63) is 0 Å². The minimum atomic E-state index is -3.03. The van der Waals surface area contributed by atoms with E-state index < -0.39 is 9.84 Å². The van der Waals surface area contributed by atoms with Gasteiger partial charge in [0, 0.05) is 25.3 Å². The third-order valence-corrected chi connectivity index (χ3v) is 2.44. The Labute approximate surface area is 78.6 Å². The average molecular weight is 208 g/mol. The molecule has 0 heterocycles. The first-order valence-electron chi connectivity index (χ1n) is 4.02. The first-order chi connectivity index (χ1) is 5.85. The maximum atomic E-state index is 11.0. The number of sulfone groups is 1. The lowest BCUT2D eigenvalue weighted by atomic mass is 10.3. The summed E-state index contributed by atoms with van der Waals surface area (Å²) in [6.45, 7) is 1.92. The van der Waals surface area contributed by atoms with Gasteiger partial charge in [-0.1, -0.05) is 0 Å². The van der Waals surface area contributed by atoms with E-state index in [1.807, 2.05) is 0 Å². The molecule has 0 aromatic rings. The number of nitrogens with two attached hydrogens (primary N) is 1. The van der Waals surface area contributed by atoms with E-state index >= 15 is 0 Å². The van der Waals surface area contributed by atoms with Gasteiger partial charge in [0.15, 0.2) is 0 Å². The smallest absolute Gasteiger partial charge is 0.221 e. The molecule has 6 heteroatoms. The SMILES string of the molecule is CC(CS(C)(=O)=O)NC(=O)CCN. The number of hydrogen-bond donors (Lipinski definition) is 2. The van der Waals surface area contributed by atoms with Gasteiger partial charge >= 0.3 is 0 Å². The molecular weight excluding hydrogens is 192 g/mol. The maximum Gasteiger partial charge on any atom is 0.221 e. The first kappa shape index (κ1) is 12.4. The van der Waals surface area contributed by atoms with E-state index in [-0.39, 0.29) is 30.7 Å². The van der Waals surface area contributed by atoms with Crippen molar-refractivity contribution in [2.45, 2.75) is 19.4 Å². The second kappa shape index (κ2) is 5.18. The van der Waals surface area contributed by atoms with E-state index in [4.69, 9.17) is 5.73 Å². The average Bonchev–Trinajstić information content (AvgIpc) is 1.81. The van der Waals surface area contributed by atoms with Gasteiger partial charge in [-0.05, 0) is 6.92 Å². The van der Waals surface area contributed by atoms with E-state index in [1.165, 1.54) is 0 Å². The van der Waals surface area contributed by atoms with Crippen LogP contribution in [0.1, 0.15) is 13.3 Å². The molecule has 3 N–H and O–H groups in total. The summed E-state index contributed by atoms with van der Waals surface area (Å²) in [5.41, 5.74) is 5.15. The second-order valence-corrected chi connectivity index (χ2v) is 5.28. The molecule has 1 unspecified atom stereocenters. The van der Waals surface area contributed by atoms with Gasteiger partial charge < -0.3 is 11.1 Å². The van der Waals surface area contributed by atoms with Gasteiger partial charge in [0.2, 0.25) is 5.91 Å². The standard InChI is InChI=1S/C7H16N2O3S/c1-6(5-13(2,11)12)9-7(10)3-4-8/h6H,3-5,8H2,1-2H3,(H,9,10). The molecule has 0 aliphatic carbocycles. The molecular formula is C7H16N2O3S. The highest BCUT2D eigenvalue weighted by Crippen LogP contribution is 1.90. The fourth-order valence-corrected chi connectivity index (χ4v) is 1.97. The Morgan fingerprint density at radius 3 is 2.46 bits per heavy atom. The highest BCUT2D eigenvalue weighted by atomic mass is 32.2. The van der Waals surface area contributed by atoms with Crippen LogP contribution < -0.4 is 11.1 Å². The Bertz CT molecular complexity index is 261. The summed E-state index contributed by atoms with van der Waals surface area (Å²) < 4.78 is 21.6. The highest BCUT2D eigenvalue weighted by molar-refractivity contribution is 7.90. The van der Waals surface area contributed by atoms with E-state index in [2.05, 4.69) is 5.32 Å².